The molecular weight excluding hydrogens is 208 g/mol. The quantitative estimate of drug-likeness (QED) is 0.656. The average molecular weight is 228 g/mol. The minimum Gasteiger partial charge on any atom is -0.481 e. The van der Waals surface area contributed by atoms with Crippen LogP contribution in [0.3, 0.4) is 0 Å². The molecular formula is C12H20O4. The van der Waals surface area contributed by atoms with Gasteiger partial charge in [-0.3, -0.25) is 9.59 Å². The molecule has 4 nitrogen and oxygen atoms in total. The molecule has 0 fully saturated rings. The number of carbonyl (C=O) groups is 2. The van der Waals surface area contributed by atoms with Crippen molar-refractivity contribution in [1.29, 1.82) is 0 Å². The lowest BCUT2D eigenvalue weighted by molar-refractivity contribution is -0.143. The lowest BCUT2D eigenvalue weighted by Crippen LogP contribution is -2.18. The maximum Gasteiger partial charge on any atom is 0.307 e. The Kier molecular flexibility index (Phi) is 6.46. The summed E-state index contributed by atoms with van der Waals surface area (Å²) in [7, 11) is 0. The lowest BCUT2D eigenvalue weighted by atomic mass is 9.92. The van der Waals surface area contributed by atoms with Crippen molar-refractivity contribution in [2.24, 2.45) is 17.8 Å². The largest absolute Gasteiger partial charge is 0.481 e. The topological polar surface area (TPSA) is 74.6 Å². The minimum absolute atomic E-state index is 0.0825. The van der Waals surface area contributed by atoms with E-state index in [2.05, 4.69) is 0 Å². The normalized spacial score (nSPS) is 15.2. The Hall–Kier alpha value is -1.32. The number of hydrogen-bond acceptors (Lipinski definition) is 2. The summed E-state index contributed by atoms with van der Waals surface area (Å²) in [6.07, 6.45) is 4.41. The molecule has 0 rings (SSSR count). The highest BCUT2D eigenvalue weighted by atomic mass is 16.4. The van der Waals surface area contributed by atoms with Crippen molar-refractivity contribution < 1.29 is 19.8 Å². The number of allylic oxidation sites excluding steroid dienone is 2. The Balaban J connectivity index is 4.07. The second kappa shape index (κ2) is 7.04. The monoisotopic (exact) mass is 228 g/mol. The van der Waals surface area contributed by atoms with Gasteiger partial charge in [0.25, 0.3) is 0 Å². The molecule has 0 aromatic heterocycles. The van der Waals surface area contributed by atoms with Crippen LogP contribution in [0.1, 0.15) is 33.6 Å². The second-order valence-corrected chi connectivity index (χ2v) is 4.37. The summed E-state index contributed by atoms with van der Waals surface area (Å²) >= 11 is 0. The maximum atomic E-state index is 10.8. The summed E-state index contributed by atoms with van der Waals surface area (Å²) in [6, 6.07) is 0. The Bertz CT molecular complexity index is 268. The van der Waals surface area contributed by atoms with Crippen LogP contribution in [0.4, 0.5) is 0 Å². The number of hydrogen-bond donors (Lipinski definition) is 2. The van der Waals surface area contributed by atoms with Crippen LogP contribution in [0.25, 0.3) is 0 Å². The van der Waals surface area contributed by atoms with Crippen LogP contribution in [0.15, 0.2) is 12.2 Å². The predicted octanol–water partition coefficient (Wildman–Crippen LogP) is 2.40. The van der Waals surface area contributed by atoms with Crippen molar-refractivity contribution in [3.63, 3.8) is 0 Å². The first-order chi connectivity index (χ1) is 7.36. The average Bonchev–Trinajstić information content (AvgIpc) is 2.15. The second-order valence-electron chi connectivity index (χ2n) is 4.37. The van der Waals surface area contributed by atoms with Gasteiger partial charge in [0.1, 0.15) is 0 Å². The summed E-state index contributed by atoms with van der Waals surface area (Å²) in [5.41, 5.74) is 0. The maximum absolute atomic E-state index is 10.8. The molecule has 0 radical (unpaired) electrons. The summed E-state index contributed by atoms with van der Waals surface area (Å²) in [6.45, 7) is 5.36. The van der Waals surface area contributed by atoms with Gasteiger partial charge in [-0.05, 0) is 18.8 Å². The molecule has 0 saturated heterocycles. The van der Waals surface area contributed by atoms with Crippen molar-refractivity contribution in [2.45, 2.75) is 33.6 Å². The van der Waals surface area contributed by atoms with Crippen molar-refractivity contribution in [3.05, 3.63) is 12.2 Å². The fourth-order valence-electron chi connectivity index (χ4n) is 1.30. The molecule has 0 heterocycles. The van der Waals surface area contributed by atoms with E-state index in [0.717, 1.165) is 0 Å². The van der Waals surface area contributed by atoms with E-state index in [9.17, 15) is 9.59 Å². The molecule has 0 aromatic carbocycles. The molecule has 2 unspecified atom stereocenters. The first-order valence-electron chi connectivity index (χ1n) is 5.46. The van der Waals surface area contributed by atoms with Gasteiger partial charge in [0.2, 0.25) is 0 Å². The Morgan fingerprint density at radius 2 is 1.50 bits per heavy atom. The zero-order valence-electron chi connectivity index (χ0n) is 10.0. The zero-order chi connectivity index (χ0) is 12.7. The van der Waals surface area contributed by atoms with E-state index in [1.54, 1.807) is 19.1 Å². The first-order valence-corrected chi connectivity index (χ1v) is 5.46. The molecule has 0 amide bonds. The molecule has 0 aliphatic rings. The summed E-state index contributed by atoms with van der Waals surface area (Å²) < 4.78 is 0. The van der Waals surface area contributed by atoms with Crippen LogP contribution in [-0.4, -0.2) is 22.2 Å². The molecule has 0 aliphatic carbocycles. The summed E-state index contributed by atoms with van der Waals surface area (Å²) in [5.74, 6) is -2.36. The Morgan fingerprint density at radius 1 is 1.00 bits per heavy atom. The van der Waals surface area contributed by atoms with Gasteiger partial charge in [0.05, 0.1) is 11.8 Å². The van der Waals surface area contributed by atoms with Crippen molar-refractivity contribution in [2.75, 3.05) is 0 Å². The van der Waals surface area contributed by atoms with E-state index >= 15 is 0 Å². The van der Waals surface area contributed by atoms with Crippen molar-refractivity contribution in [3.8, 4) is 0 Å². The Morgan fingerprint density at radius 3 is 1.88 bits per heavy atom. The van der Waals surface area contributed by atoms with E-state index in [-0.39, 0.29) is 5.92 Å². The predicted molar refractivity (Wildman–Crippen MR) is 61.1 cm³/mol. The van der Waals surface area contributed by atoms with E-state index in [1.165, 1.54) is 0 Å². The van der Waals surface area contributed by atoms with E-state index in [1.807, 2.05) is 13.8 Å². The summed E-state index contributed by atoms with van der Waals surface area (Å²) in [5, 5.41) is 17.6. The van der Waals surface area contributed by atoms with Crippen LogP contribution in [0, 0.1) is 17.8 Å². The van der Waals surface area contributed by atoms with Gasteiger partial charge >= 0.3 is 11.9 Å². The fourth-order valence-corrected chi connectivity index (χ4v) is 1.30. The smallest absolute Gasteiger partial charge is 0.307 e. The van der Waals surface area contributed by atoms with E-state index in [4.69, 9.17) is 10.2 Å². The van der Waals surface area contributed by atoms with Crippen LogP contribution in [0.2, 0.25) is 0 Å². The summed E-state index contributed by atoms with van der Waals surface area (Å²) in [4.78, 5) is 21.4. The molecule has 92 valence electrons. The number of aliphatic carboxylic acids is 2. The molecule has 4 heteroatoms. The van der Waals surface area contributed by atoms with Gasteiger partial charge in [0.15, 0.2) is 0 Å². The number of carboxylic acids is 2. The lowest BCUT2D eigenvalue weighted by Gasteiger charge is -2.13. The van der Waals surface area contributed by atoms with Crippen molar-refractivity contribution in [1.82, 2.24) is 0 Å². The molecule has 16 heavy (non-hydrogen) atoms. The van der Waals surface area contributed by atoms with Crippen LogP contribution in [-0.2, 0) is 9.59 Å². The molecule has 0 bridgehead atoms. The molecule has 0 spiro atoms. The molecule has 0 saturated carbocycles. The molecule has 0 aromatic rings. The van der Waals surface area contributed by atoms with Crippen LogP contribution in [0.5, 0.6) is 0 Å². The van der Waals surface area contributed by atoms with Crippen LogP contribution < -0.4 is 0 Å². The highest BCUT2D eigenvalue weighted by Crippen LogP contribution is 2.16. The van der Waals surface area contributed by atoms with Gasteiger partial charge in [-0.2, -0.15) is 0 Å². The SMILES string of the molecule is CC(C/C=C/CC(C(=O)O)C(C)C)C(=O)O. The Labute approximate surface area is 96.0 Å². The fraction of sp³-hybridized carbons (Fsp3) is 0.667. The first kappa shape index (κ1) is 14.7. The molecule has 0 aliphatic heterocycles. The third kappa shape index (κ3) is 5.53. The van der Waals surface area contributed by atoms with E-state index in [0.29, 0.717) is 12.8 Å². The zero-order valence-corrected chi connectivity index (χ0v) is 10.0. The minimum atomic E-state index is -0.830. The highest BCUT2D eigenvalue weighted by molar-refractivity contribution is 5.70. The van der Waals surface area contributed by atoms with Gasteiger partial charge in [-0.25, -0.2) is 0 Å². The third-order valence-electron chi connectivity index (χ3n) is 2.59. The van der Waals surface area contributed by atoms with Gasteiger partial charge in [-0.1, -0.05) is 32.9 Å². The van der Waals surface area contributed by atoms with Gasteiger partial charge in [-0.15, -0.1) is 0 Å². The number of carboxylic acid groups (broad SMARTS) is 2. The molecule has 2 N–H and O–H groups in total. The number of rotatable bonds is 7. The van der Waals surface area contributed by atoms with Crippen LogP contribution >= 0.6 is 0 Å². The van der Waals surface area contributed by atoms with Gasteiger partial charge < -0.3 is 10.2 Å². The van der Waals surface area contributed by atoms with Gasteiger partial charge in [0, 0.05) is 0 Å². The standard InChI is InChI=1S/C12H20O4/c1-8(2)10(12(15)16)7-5-4-6-9(3)11(13)14/h4-5,8-10H,6-7H2,1-3H3,(H,13,14)(H,15,16)/b5-4+. The van der Waals surface area contributed by atoms with Crippen molar-refractivity contribution >= 4 is 11.9 Å². The highest BCUT2D eigenvalue weighted by Gasteiger charge is 2.19. The molecule has 2 atom stereocenters. The van der Waals surface area contributed by atoms with E-state index < -0.39 is 23.8 Å². The third-order valence-corrected chi connectivity index (χ3v) is 2.59.